The van der Waals surface area contributed by atoms with Gasteiger partial charge in [-0.15, -0.1) is 0 Å². The Balaban J connectivity index is 1.75. The maximum Gasteiger partial charge on any atom is 0.295 e. The molecule has 3 rings (SSSR count). The van der Waals surface area contributed by atoms with E-state index in [0.29, 0.717) is 37.4 Å². The van der Waals surface area contributed by atoms with Crippen LogP contribution in [0.4, 0.5) is 4.39 Å². The highest BCUT2D eigenvalue weighted by atomic mass is 19.1. The molecule has 1 saturated heterocycles. The van der Waals surface area contributed by atoms with Gasteiger partial charge in [0.25, 0.3) is 11.7 Å². The predicted octanol–water partition coefficient (Wildman–Crippen LogP) is 3.48. The van der Waals surface area contributed by atoms with Crippen LogP contribution in [-0.2, 0) is 4.79 Å². The Labute approximate surface area is 174 Å². The second-order valence-corrected chi connectivity index (χ2v) is 6.76. The summed E-state index contributed by atoms with van der Waals surface area (Å²) in [7, 11) is 0. The molecule has 1 aliphatic heterocycles. The van der Waals surface area contributed by atoms with E-state index in [2.05, 4.69) is 36.3 Å². The van der Waals surface area contributed by atoms with Crippen molar-refractivity contribution >= 4 is 28.7 Å². The number of amides is 1. The number of hydrogen-bond donors (Lipinski definition) is 1. The molecule has 2 aromatic heterocycles. The van der Waals surface area contributed by atoms with Crippen molar-refractivity contribution in [3.05, 3.63) is 85.3 Å². The molecule has 0 bridgehead atoms. The van der Waals surface area contributed by atoms with Crippen LogP contribution in [0.1, 0.15) is 16.1 Å². The molecular formula is C23H23FN4O2. The number of aromatic nitrogens is 2. The first kappa shape index (κ1) is 21.0. The Bertz CT molecular complexity index is 1090. The standard InChI is InChI=1S/C23H23FN4O2/c1-5-8-16(6-2)15(4)27-9-11-28(12-10-27)23(30)22(29)17-13-26-21-19(7-3)25-14-18(24)20(17)21/h5-8,13-14,26H,1-4,9-12H2/b16-8+. The highest BCUT2D eigenvalue weighted by Gasteiger charge is 2.30. The Morgan fingerprint density at radius 1 is 1.13 bits per heavy atom. The van der Waals surface area contributed by atoms with E-state index in [1.165, 1.54) is 17.2 Å². The summed E-state index contributed by atoms with van der Waals surface area (Å²) in [5.74, 6) is -2.09. The first-order valence-electron chi connectivity index (χ1n) is 9.43. The molecule has 0 unspecified atom stereocenters. The lowest BCUT2D eigenvalue weighted by atomic mass is 10.1. The molecule has 6 nitrogen and oxygen atoms in total. The molecule has 0 aliphatic carbocycles. The number of ketones is 1. The predicted molar refractivity (Wildman–Crippen MR) is 116 cm³/mol. The Kier molecular flexibility index (Phi) is 6.11. The third kappa shape index (κ3) is 3.74. The average Bonchev–Trinajstić information content (AvgIpc) is 3.22. The molecule has 3 heterocycles. The van der Waals surface area contributed by atoms with Crippen LogP contribution in [0.2, 0.25) is 0 Å². The summed E-state index contributed by atoms with van der Waals surface area (Å²) in [6.45, 7) is 16.9. The van der Waals surface area contributed by atoms with E-state index < -0.39 is 17.5 Å². The van der Waals surface area contributed by atoms with Crippen molar-refractivity contribution in [2.45, 2.75) is 0 Å². The second-order valence-electron chi connectivity index (χ2n) is 6.76. The lowest BCUT2D eigenvalue weighted by Crippen LogP contribution is -2.50. The van der Waals surface area contributed by atoms with Gasteiger partial charge in [-0.05, 0) is 11.6 Å². The number of hydrogen-bond acceptors (Lipinski definition) is 4. The lowest BCUT2D eigenvalue weighted by molar-refractivity contribution is -0.127. The number of fused-ring (bicyclic) bond motifs is 1. The van der Waals surface area contributed by atoms with Crippen molar-refractivity contribution in [1.29, 1.82) is 0 Å². The van der Waals surface area contributed by atoms with Crippen molar-refractivity contribution in [3.63, 3.8) is 0 Å². The van der Waals surface area contributed by atoms with Gasteiger partial charge in [-0.3, -0.25) is 14.6 Å². The highest BCUT2D eigenvalue weighted by Crippen LogP contribution is 2.25. The van der Waals surface area contributed by atoms with Crippen molar-refractivity contribution in [2.24, 2.45) is 0 Å². The van der Waals surface area contributed by atoms with Gasteiger partial charge in [0, 0.05) is 38.1 Å². The number of Topliss-reactive ketones (excluding diaryl/α,β-unsaturated/α-hetero) is 1. The second kappa shape index (κ2) is 8.73. The van der Waals surface area contributed by atoms with E-state index >= 15 is 0 Å². The number of carbonyl (C=O) groups excluding carboxylic acids is 2. The molecule has 0 radical (unpaired) electrons. The summed E-state index contributed by atoms with van der Waals surface area (Å²) in [5.41, 5.74) is 2.38. The van der Waals surface area contributed by atoms with Crippen LogP contribution in [0.15, 0.2) is 68.2 Å². The number of piperazine rings is 1. The van der Waals surface area contributed by atoms with Gasteiger partial charge in [0.15, 0.2) is 5.82 Å². The molecule has 7 heteroatoms. The van der Waals surface area contributed by atoms with Gasteiger partial charge in [-0.2, -0.15) is 0 Å². The molecule has 1 N–H and O–H groups in total. The minimum absolute atomic E-state index is 0.00676. The van der Waals surface area contributed by atoms with Crippen LogP contribution < -0.4 is 0 Å². The van der Waals surface area contributed by atoms with Gasteiger partial charge >= 0.3 is 0 Å². The van der Waals surface area contributed by atoms with E-state index in [9.17, 15) is 14.0 Å². The van der Waals surface area contributed by atoms with Gasteiger partial charge in [-0.25, -0.2) is 4.39 Å². The van der Waals surface area contributed by atoms with Crippen LogP contribution in [0, 0.1) is 5.82 Å². The average molecular weight is 406 g/mol. The summed E-state index contributed by atoms with van der Waals surface area (Å²) >= 11 is 0. The summed E-state index contributed by atoms with van der Waals surface area (Å²) in [6.07, 6.45) is 8.99. The van der Waals surface area contributed by atoms with E-state index in [0.717, 1.165) is 17.5 Å². The van der Waals surface area contributed by atoms with E-state index in [4.69, 9.17) is 0 Å². The zero-order valence-corrected chi connectivity index (χ0v) is 16.7. The fraction of sp³-hybridized carbons (Fsp3) is 0.174. The Hall–Kier alpha value is -3.74. The highest BCUT2D eigenvalue weighted by molar-refractivity contribution is 6.45. The summed E-state index contributed by atoms with van der Waals surface area (Å²) < 4.78 is 14.3. The smallest absolute Gasteiger partial charge is 0.295 e. The summed E-state index contributed by atoms with van der Waals surface area (Å²) in [4.78, 5) is 35.9. The van der Waals surface area contributed by atoms with Gasteiger partial charge in [-0.1, -0.05) is 44.5 Å². The van der Waals surface area contributed by atoms with Crippen molar-refractivity contribution in [3.8, 4) is 0 Å². The largest absolute Gasteiger partial charge is 0.368 e. The minimum Gasteiger partial charge on any atom is -0.368 e. The van der Waals surface area contributed by atoms with Crippen molar-refractivity contribution in [1.82, 2.24) is 19.8 Å². The topological polar surface area (TPSA) is 69.3 Å². The zero-order valence-electron chi connectivity index (χ0n) is 16.7. The number of carbonyl (C=O) groups is 2. The molecule has 1 fully saturated rings. The summed E-state index contributed by atoms with van der Waals surface area (Å²) in [6, 6.07) is 0. The fourth-order valence-electron chi connectivity index (χ4n) is 3.49. The molecule has 1 amide bonds. The monoisotopic (exact) mass is 406 g/mol. The van der Waals surface area contributed by atoms with Crippen LogP contribution >= 0.6 is 0 Å². The molecule has 0 saturated carbocycles. The lowest BCUT2D eigenvalue weighted by Gasteiger charge is -2.37. The molecule has 0 atom stereocenters. The van der Waals surface area contributed by atoms with Crippen LogP contribution in [-0.4, -0.2) is 57.6 Å². The number of nitrogens with zero attached hydrogens (tertiary/aromatic N) is 3. The molecule has 30 heavy (non-hydrogen) atoms. The molecule has 2 aromatic rings. The molecule has 1 aliphatic rings. The maximum absolute atomic E-state index is 14.3. The number of allylic oxidation sites excluding steroid dienone is 3. The SMILES string of the molecule is C=C/C=C(\C=C)C(=C)N1CCN(C(=O)C(=O)c2c[nH]c3c(C=C)ncc(F)c23)CC1. The molecule has 0 aromatic carbocycles. The molecule has 154 valence electrons. The van der Waals surface area contributed by atoms with Gasteiger partial charge in [0.2, 0.25) is 0 Å². The minimum atomic E-state index is -0.757. The van der Waals surface area contributed by atoms with Gasteiger partial charge in [0.05, 0.1) is 28.4 Å². The number of pyridine rings is 1. The first-order valence-corrected chi connectivity index (χ1v) is 9.43. The molecular weight excluding hydrogens is 383 g/mol. The van der Waals surface area contributed by atoms with Crippen LogP contribution in [0.5, 0.6) is 0 Å². The van der Waals surface area contributed by atoms with Crippen molar-refractivity contribution in [2.75, 3.05) is 26.2 Å². The number of aromatic amines is 1. The van der Waals surface area contributed by atoms with E-state index in [1.807, 2.05) is 11.0 Å². The van der Waals surface area contributed by atoms with Crippen LogP contribution in [0.25, 0.3) is 17.0 Å². The first-order chi connectivity index (χ1) is 14.4. The maximum atomic E-state index is 14.3. The zero-order chi connectivity index (χ0) is 21.8. The van der Waals surface area contributed by atoms with E-state index in [-0.39, 0.29) is 10.9 Å². The van der Waals surface area contributed by atoms with Crippen molar-refractivity contribution < 1.29 is 14.0 Å². The summed E-state index contributed by atoms with van der Waals surface area (Å²) in [5, 5.41) is 0.0513. The fourth-order valence-corrected chi connectivity index (χ4v) is 3.49. The quantitative estimate of drug-likeness (QED) is 0.434. The van der Waals surface area contributed by atoms with Gasteiger partial charge < -0.3 is 14.8 Å². The number of H-pyrrole nitrogens is 1. The number of halogens is 1. The van der Waals surface area contributed by atoms with Gasteiger partial charge in [0.1, 0.15) is 0 Å². The number of nitrogens with one attached hydrogen (secondary N) is 1. The Morgan fingerprint density at radius 2 is 1.80 bits per heavy atom. The number of rotatable bonds is 7. The third-order valence-electron chi connectivity index (χ3n) is 5.12. The Morgan fingerprint density at radius 3 is 2.40 bits per heavy atom. The third-order valence-corrected chi connectivity index (χ3v) is 5.12. The van der Waals surface area contributed by atoms with E-state index in [1.54, 1.807) is 12.2 Å². The normalized spacial score (nSPS) is 14.5. The molecule has 0 spiro atoms. The van der Waals surface area contributed by atoms with Crippen LogP contribution in [0.3, 0.4) is 0 Å².